The van der Waals surface area contributed by atoms with E-state index < -0.39 is 6.10 Å². The van der Waals surface area contributed by atoms with Crippen LogP contribution in [0.3, 0.4) is 0 Å². The molecule has 0 aliphatic heterocycles. The molecule has 0 amide bonds. The fourth-order valence-electron chi connectivity index (χ4n) is 11.1. The predicted octanol–water partition coefficient (Wildman–Crippen LogP) is 25.3. The van der Waals surface area contributed by atoms with Crippen LogP contribution in [0.5, 0.6) is 0 Å². The average molecular weight is 1150 g/mol. The van der Waals surface area contributed by atoms with Gasteiger partial charge in [-0.2, -0.15) is 0 Å². The lowest BCUT2D eigenvalue weighted by molar-refractivity contribution is -0.167. The van der Waals surface area contributed by atoms with Gasteiger partial charge in [0.15, 0.2) is 6.10 Å². The second kappa shape index (κ2) is 70.9. The molecular formula is C76H140O6. The molecule has 0 bridgehead atoms. The fourth-order valence-corrected chi connectivity index (χ4v) is 11.1. The van der Waals surface area contributed by atoms with E-state index in [4.69, 9.17) is 14.2 Å². The molecule has 1 atom stereocenters. The van der Waals surface area contributed by atoms with Crippen molar-refractivity contribution >= 4 is 17.9 Å². The Hall–Kier alpha value is -2.63. The highest BCUT2D eigenvalue weighted by molar-refractivity contribution is 5.71. The lowest BCUT2D eigenvalue weighted by Gasteiger charge is -2.18. The summed E-state index contributed by atoms with van der Waals surface area (Å²) in [6.07, 6.45) is 90.1. The van der Waals surface area contributed by atoms with Gasteiger partial charge in [0, 0.05) is 19.3 Å². The van der Waals surface area contributed by atoms with E-state index in [2.05, 4.69) is 69.4 Å². The minimum atomic E-state index is -0.782. The monoisotopic (exact) mass is 1150 g/mol. The zero-order chi connectivity index (χ0) is 59.2. The van der Waals surface area contributed by atoms with Gasteiger partial charge in [0.1, 0.15) is 13.2 Å². The minimum absolute atomic E-state index is 0.0755. The second-order valence-electron chi connectivity index (χ2n) is 24.8. The number of rotatable bonds is 68. The molecule has 0 radical (unpaired) electrons. The van der Waals surface area contributed by atoms with Gasteiger partial charge in [-0.25, -0.2) is 0 Å². The summed E-state index contributed by atoms with van der Waals surface area (Å²) >= 11 is 0. The third-order valence-electron chi connectivity index (χ3n) is 16.6. The Labute approximate surface area is 511 Å². The highest BCUT2D eigenvalue weighted by atomic mass is 16.6. The first-order valence-electron chi connectivity index (χ1n) is 36.6. The van der Waals surface area contributed by atoms with Crippen LogP contribution in [0, 0.1) is 0 Å². The topological polar surface area (TPSA) is 78.9 Å². The van der Waals surface area contributed by atoms with Crippen LogP contribution in [-0.4, -0.2) is 37.2 Å². The first-order valence-corrected chi connectivity index (χ1v) is 36.6. The van der Waals surface area contributed by atoms with E-state index in [-0.39, 0.29) is 31.1 Å². The number of allylic oxidation sites excluding steroid dienone is 8. The zero-order valence-corrected chi connectivity index (χ0v) is 55.3. The fraction of sp³-hybridized carbons (Fsp3) is 0.855. The molecule has 0 fully saturated rings. The van der Waals surface area contributed by atoms with Crippen molar-refractivity contribution in [2.75, 3.05) is 13.2 Å². The molecule has 480 valence electrons. The van der Waals surface area contributed by atoms with Crippen molar-refractivity contribution in [1.29, 1.82) is 0 Å². The number of carbonyl (C=O) groups excluding carboxylic acids is 3. The maximum atomic E-state index is 13.0. The van der Waals surface area contributed by atoms with Crippen molar-refractivity contribution in [3.8, 4) is 0 Å². The zero-order valence-electron chi connectivity index (χ0n) is 55.3. The molecule has 0 spiro atoms. The summed E-state index contributed by atoms with van der Waals surface area (Å²) in [7, 11) is 0. The first kappa shape index (κ1) is 79.4. The van der Waals surface area contributed by atoms with E-state index in [9.17, 15) is 14.4 Å². The smallest absolute Gasteiger partial charge is 0.306 e. The lowest BCUT2D eigenvalue weighted by atomic mass is 10.0. The summed E-state index contributed by atoms with van der Waals surface area (Å²) in [4.78, 5) is 38.5. The largest absolute Gasteiger partial charge is 0.462 e. The summed E-state index contributed by atoms with van der Waals surface area (Å²) in [5.74, 6) is -0.870. The van der Waals surface area contributed by atoms with Crippen LogP contribution in [0.15, 0.2) is 48.6 Å². The van der Waals surface area contributed by atoms with Gasteiger partial charge in [0.05, 0.1) is 0 Å². The molecule has 0 aromatic carbocycles. The standard InChI is InChI=1S/C76H140O6/c1-4-7-10-13-16-19-22-25-28-31-33-34-35-36-37-38-39-40-41-43-45-48-51-54-57-60-63-66-69-75(78)81-72-73(71-80-74(77)68-65-62-59-56-53-50-47-44-30-27-24-21-18-15-12-9-6-3)82-76(79)70-67-64-61-58-55-52-49-46-42-32-29-26-23-20-17-14-11-8-5-2/h9,12,18,21,27,30,47,50,73H,4-8,10-11,13-17,19-20,22-26,28-29,31-46,48-49,51-72H2,1-3H3/b12-9-,21-18-,30-27-,50-47-. The molecule has 0 saturated carbocycles. The van der Waals surface area contributed by atoms with E-state index >= 15 is 0 Å². The number of hydrogen-bond donors (Lipinski definition) is 0. The maximum Gasteiger partial charge on any atom is 0.306 e. The Morgan fingerprint density at radius 1 is 0.256 bits per heavy atom. The van der Waals surface area contributed by atoms with E-state index in [0.717, 1.165) is 96.3 Å². The van der Waals surface area contributed by atoms with Gasteiger partial charge >= 0.3 is 17.9 Å². The van der Waals surface area contributed by atoms with Crippen LogP contribution in [0.2, 0.25) is 0 Å². The molecule has 0 N–H and O–H groups in total. The maximum absolute atomic E-state index is 13.0. The molecule has 6 heteroatoms. The molecule has 0 aromatic rings. The first-order chi connectivity index (χ1) is 40.5. The van der Waals surface area contributed by atoms with E-state index in [0.29, 0.717) is 19.3 Å². The molecular weight excluding hydrogens is 1010 g/mol. The van der Waals surface area contributed by atoms with Crippen molar-refractivity contribution in [3.05, 3.63) is 48.6 Å². The van der Waals surface area contributed by atoms with Crippen molar-refractivity contribution in [2.45, 2.75) is 406 Å². The molecule has 6 nitrogen and oxygen atoms in total. The second-order valence-corrected chi connectivity index (χ2v) is 24.8. The molecule has 0 aliphatic rings. The molecule has 0 saturated heterocycles. The van der Waals surface area contributed by atoms with Crippen LogP contribution >= 0.6 is 0 Å². The lowest BCUT2D eigenvalue weighted by Crippen LogP contribution is -2.30. The summed E-state index contributed by atoms with van der Waals surface area (Å²) < 4.78 is 17.0. The van der Waals surface area contributed by atoms with Gasteiger partial charge in [-0.05, 0) is 57.8 Å². The van der Waals surface area contributed by atoms with E-state index in [1.54, 1.807) is 0 Å². The summed E-state index contributed by atoms with van der Waals surface area (Å²) in [5, 5.41) is 0. The predicted molar refractivity (Wildman–Crippen MR) is 358 cm³/mol. The molecule has 82 heavy (non-hydrogen) atoms. The molecule has 0 rings (SSSR count). The normalized spacial score (nSPS) is 12.3. The molecule has 0 aliphatic carbocycles. The van der Waals surface area contributed by atoms with Crippen LogP contribution < -0.4 is 0 Å². The SMILES string of the molecule is CC/C=C\C/C=C\C/C=C\C/C=C\CCCCCCC(=O)OCC(COC(=O)CCCCCCCCCCCCCCCCCCCCCCCCCCCCCC)OC(=O)CCCCCCCCCCCCCCCCCCCCC. The van der Waals surface area contributed by atoms with Crippen LogP contribution in [0.4, 0.5) is 0 Å². The Morgan fingerprint density at radius 2 is 0.476 bits per heavy atom. The Bertz CT molecular complexity index is 1410. The van der Waals surface area contributed by atoms with Crippen LogP contribution in [0.25, 0.3) is 0 Å². The summed E-state index contributed by atoms with van der Waals surface area (Å²) in [5.41, 5.74) is 0. The Morgan fingerprint density at radius 3 is 0.744 bits per heavy atom. The van der Waals surface area contributed by atoms with Gasteiger partial charge in [0.25, 0.3) is 0 Å². The van der Waals surface area contributed by atoms with Gasteiger partial charge in [-0.3, -0.25) is 14.4 Å². The average Bonchev–Trinajstić information content (AvgIpc) is 3.47. The van der Waals surface area contributed by atoms with Crippen molar-refractivity contribution < 1.29 is 28.6 Å². The van der Waals surface area contributed by atoms with Gasteiger partial charge in [-0.15, -0.1) is 0 Å². The molecule has 0 aromatic heterocycles. The Kier molecular flexibility index (Phi) is 68.6. The highest BCUT2D eigenvalue weighted by Gasteiger charge is 2.19. The van der Waals surface area contributed by atoms with Crippen LogP contribution in [-0.2, 0) is 28.6 Å². The number of unbranched alkanes of at least 4 members (excludes halogenated alkanes) is 49. The van der Waals surface area contributed by atoms with Crippen molar-refractivity contribution in [2.24, 2.45) is 0 Å². The minimum Gasteiger partial charge on any atom is -0.462 e. The third kappa shape index (κ3) is 68.2. The number of esters is 3. The quantitative estimate of drug-likeness (QED) is 0.0261. The van der Waals surface area contributed by atoms with Crippen LogP contribution in [0.1, 0.15) is 400 Å². The number of carbonyl (C=O) groups is 3. The van der Waals surface area contributed by atoms with Gasteiger partial charge < -0.3 is 14.2 Å². The summed E-state index contributed by atoms with van der Waals surface area (Å²) in [6.45, 7) is 6.59. The van der Waals surface area contributed by atoms with E-state index in [1.165, 1.54) is 263 Å². The van der Waals surface area contributed by atoms with Crippen molar-refractivity contribution in [1.82, 2.24) is 0 Å². The molecule has 1 unspecified atom stereocenters. The molecule has 0 heterocycles. The number of hydrogen-bond acceptors (Lipinski definition) is 6. The Balaban J connectivity index is 4.25. The van der Waals surface area contributed by atoms with Gasteiger partial charge in [0.2, 0.25) is 0 Å². The van der Waals surface area contributed by atoms with Crippen molar-refractivity contribution in [3.63, 3.8) is 0 Å². The highest BCUT2D eigenvalue weighted by Crippen LogP contribution is 2.19. The third-order valence-corrected chi connectivity index (χ3v) is 16.6. The van der Waals surface area contributed by atoms with E-state index in [1.807, 2.05) is 0 Å². The van der Waals surface area contributed by atoms with Gasteiger partial charge in [-0.1, -0.05) is 371 Å². The summed E-state index contributed by atoms with van der Waals surface area (Å²) in [6, 6.07) is 0. The number of ether oxygens (including phenoxy) is 3.